The summed E-state index contributed by atoms with van der Waals surface area (Å²) in [6.07, 6.45) is 0.747. The Bertz CT molecular complexity index is 404. The number of methoxy groups -OCH3 is 1. The molecule has 0 aliphatic carbocycles. The summed E-state index contributed by atoms with van der Waals surface area (Å²) < 4.78 is 10.5. The first kappa shape index (κ1) is 12.4. The summed E-state index contributed by atoms with van der Waals surface area (Å²) in [5, 5.41) is 0.331. The molecular formula is C11H13NO3S. The van der Waals surface area contributed by atoms with Crippen molar-refractivity contribution in [2.75, 3.05) is 21.2 Å². The maximum Gasteiger partial charge on any atom is 0.264 e. The van der Waals surface area contributed by atoms with E-state index in [0.29, 0.717) is 22.2 Å². The Morgan fingerprint density at radius 1 is 1.38 bits per heavy atom. The fraction of sp³-hybridized carbons (Fsp3) is 0.273. The van der Waals surface area contributed by atoms with Crippen LogP contribution in [0.4, 0.5) is 0 Å². The lowest BCUT2D eigenvalue weighted by atomic mass is 10.2. The zero-order valence-corrected chi connectivity index (χ0v) is 10.2. The fourth-order valence-corrected chi connectivity index (χ4v) is 1.12. The van der Waals surface area contributed by atoms with E-state index >= 15 is 0 Å². The third-order valence-electron chi connectivity index (χ3n) is 1.89. The molecule has 86 valence electrons. The Hall–Kier alpha value is -1.62. The molecule has 0 saturated carbocycles. The van der Waals surface area contributed by atoms with E-state index < -0.39 is 0 Å². The van der Waals surface area contributed by atoms with Gasteiger partial charge in [0.05, 0.1) is 7.11 Å². The number of nitrogens with zero attached hydrogens (tertiary/aromatic N) is 1. The number of ether oxygens (including phenoxy) is 2. The molecule has 0 aliphatic heterocycles. The Morgan fingerprint density at radius 2 is 2.06 bits per heavy atom. The molecule has 0 amide bonds. The maximum absolute atomic E-state index is 10.6. The number of aldehydes is 1. The molecule has 1 aromatic rings. The van der Waals surface area contributed by atoms with E-state index in [0.717, 1.165) is 6.29 Å². The van der Waals surface area contributed by atoms with Gasteiger partial charge in [-0.15, -0.1) is 0 Å². The van der Waals surface area contributed by atoms with Gasteiger partial charge in [0.15, 0.2) is 11.5 Å². The average Bonchev–Trinajstić information content (AvgIpc) is 2.29. The largest absolute Gasteiger partial charge is 0.493 e. The average molecular weight is 239 g/mol. The van der Waals surface area contributed by atoms with Crippen LogP contribution >= 0.6 is 12.2 Å². The molecule has 0 N–H and O–H groups in total. The lowest BCUT2D eigenvalue weighted by Crippen LogP contribution is -2.25. The number of rotatable bonds is 3. The van der Waals surface area contributed by atoms with Gasteiger partial charge in [0.25, 0.3) is 5.17 Å². The van der Waals surface area contributed by atoms with Crippen LogP contribution in [0.5, 0.6) is 11.5 Å². The summed E-state index contributed by atoms with van der Waals surface area (Å²) in [5.41, 5.74) is 0.528. The predicted octanol–water partition coefficient (Wildman–Crippen LogP) is 1.73. The summed E-state index contributed by atoms with van der Waals surface area (Å²) in [5.74, 6) is 0.973. The van der Waals surface area contributed by atoms with E-state index in [4.69, 9.17) is 21.7 Å². The molecule has 0 saturated heterocycles. The number of hydrogen-bond donors (Lipinski definition) is 0. The standard InChI is InChI=1S/C11H13NO3S/c1-12(2)11(16)15-9-5-4-8(7-13)6-10(9)14-3/h4-7H,1-3H3. The van der Waals surface area contributed by atoms with Crippen LogP contribution in [0, 0.1) is 0 Å². The van der Waals surface area contributed by atoms with Gasteiger partial charge in [-0.1, -0.05) is 0 Å². The van der Waals surface area contributed by atoms with Crippen molar-refractivity contribution < 1.29 is 14.3 Å². The summed E-state index contributed by atoms with van der Waals surface area (Å²) in [7, 11) is 5.08. The molecule has 0 aromatic heterocycles. The molecule has 0 aliphatic rings. The number of carbonyl (C=O) groups is 1. The third-order valence-corrected chi connectivity index (χ3v) is 2.33. The summed E-state index contributed by atoms with van der Waals surface area (Å²) in [6.45, 7) is 0. The monoisotopic (exact) mass is 239 g/mol. The lowest BCUT2D eigenvalue weighted by Gasteiger charge is -2.16. The van der Waals surface area contributed by atoms with E-state index in [2.05, 4.69) is 0 Å². The molecule has 0 bridgehead atoms. The van der Waals surface area contributed by atoms with Gasteiger partial charge < -0.3 is 14.4 Å². The van der Waals surface area contributed by atoms with Gasteiger partial charge in [-0.3, -0.25) is 4.79 Å². The normalized spacial score (nSPS) is 9.44. The van der Waals surface area contributed by atoms with Gasteiger partial charge in [0.2, 0.25) is 0 Å². The van der Waals surface area contributed by atoms with Gasteiger partial charge in [-0.05, 0) is 30.4 Å². The van der Waals surface area contributed by atoms with Crippen LogP contribution in [0.25, 0.3) is 0 Å². The molecule has 0 heterocycles. The highest BCUT2D eigenvalue weighted by molar-refractivity contribution is 7.80. The third kappa shape index (κ3) is 2.93. The Balaban J connectivity index is 2.95. The lowest BCUT2D eigenvalue weighted by molar-refractivity contribution is 0.112. The first-order chi connectivity index (χ1) is 7.58. The molecule has 0 fully saturated rings. The number of thiocarbonyl (C=S) groups is 1. The van der Waals surface area contributed by atoms with Gasteiger partial charge in [0.1, 0.15) is 6.29 Å². The summed E-state index contributed by atoms with van der Waals surface area (Å²) in [4.78, 5) is 12.3. The predicted molar refractivity (Wildman–Crippen MR) is 65.3 cm³/mol. The van der Waals surface area contributed by atoms with Gasteiger partial charge in [0, 0.05) is 19.7 Å². The molecule has 0 radical (unpaired) electrons. The number of hydrogen-bond acceptors (Lipinski definition) is 4. The smallest absolute Gasteiger partial charge is 0.264 e. The fourth-order valence-electron chi connectivity index (χ4n) is 1.03. The van der Waals surface area contributed by atoms with Crippen molar-refractivity contribution in [1.29, 1.82) is 0 Å². The Kier molecular flexibility index (Phi) is 4.25. The minimum Gasteiger partial charge on any atom is -0.493 e. The number of carbonyl (C=O) groups excluding carboxylic acids is 1. The van der Waals surface area contributed by atoms with Crippen molar-refractivity contribution in [3.8, 4) is 11.5 Å². The van der Waals surface area contributed by atoms with Gasteiger partial charge in [-0.2, -0.15) is 0 Å². The molecule has 0 atom stereocenters. The maximum atomic E-state index is 10.6. The minimum absolute atomic E-state index is 0.331. The van der Waals surface area contributed by atoms with Crippen LogP contribution < -0.4 is 9.47 Å². The van der Waals surface area contributed by atoms with E-state index in [-0.39, 0.29) is 0 Å². The second-order valence-electron chi connectivity index (χ2n) is 3.29. The topological polar surface area (TPSA) is 38.8 Å². The second-order valence-corrected chi connectivity index (χ2v) is 3.64. The molecule has 0 spiro atoms. The number of benzene rings is 1. The van der Waals surface area contributed by atoms with Crippen LogP contribution in [-0.4, -0.2) is 37.6 Å². The van der Waals surface area contributed by atoms with Crippen LogP contribution in [0.15, 0.2) is 18.2 Å². The molecule has 5 heteroatoms. The van der Waals surface area contributed by atoms with E-state index in [1.165, 1.54) is 7.11 Å². The molecule has 1 aromatic carbocycles. The first-order valence-electron chi connectivity index (χ1n) is 4.61. The van der Waals surface area contributed by atoms with Crippen molar-refractivity contribution in [3.05, 3.63) is 23.8 Å². The summed E-state index contributed by atoms with van der Waals surface area (Å²) in [6, 6.07) is 4.89. The van der Waals surface area contributed by atoms with Gasteiger partial charge in [-0.25, -0.2) is 0 Å². The van der Waals surface area contributed by atoms with Crippen LogP contribution in [0.1, 0.15) is 10.4 Å². The van der Waals surface area contributed by atoms with Crippen molar-refractivity contribution in [2.24, 2.45) is 0 Å². The van der Waals surface area contributed by atoms with E-state index in [9.17, 15) is 4.79 Å². The minimum atomic E-state index is 0.331. The van der Waals surface area contributed by atoms with Crippen molar-refractivity contribution in [1.82, 2.24) is 4.90 Å². The highest BCUT2D eigenvalue weighted by Crippen LogP contribution is 2.27. The first-order valence-corrected chi connectivity index (χ1v) is 5.01. The van der Waals surface area contributed by atoms with Crippen LogP contribution in [0.3, 0.4) is 0 Å². The van der Waals surface area contributed by atoms with E-state index in [1.807, 2.05) is 0 Å². The van der Waals surface area contributed by atoms with Crippen molar-refractivity contribution in [2.45, 2.75) is 0 Å². The van der Waals surface area contributed by atoms with Crippen LogP contribution in [-0.2, 0) is 0 Å². The van der Waals surface area contributed by atoms with Gasteiger partial charge >= 0.3 is 0 Å². The Morgan fingerprint density at radius 3 is 2.56 bits per heavy atom. The molecule has 16 heavy (non-hydrogen) atoms. The van der Waals surface area contributed by atoms with E-state index in [1.54, 1.807) is 37.2 Å². The quantitative estimate of drug-likeness (QED) is 0.593. The summed E-state index contributed by atoms with van der Waals surface area (Å²) >= 11 is 5.01. The van der Waals surface area contributed by atoms with Crippen LogP contribution in [0.2, 0.25) is 0 Å². The molecular weight excluding hydrogens is 226 g/mol. The zero-order valence-electron chi connectivity index (χ0n) is 9.39. The zero-order chi connectivity index (χ0) is 12.1. The highest BCUT2D eigenvalue weighted by atomic mass is 32.1. The highest BCUT2D eigenvalue weighted by Gasteiger charge is 2.09. The van der Waals surface area contributed by atoms with Crippen molar-refractivity contribution >= 4 is 23.7 Å². The SMILES string of the molecule is COc1cc(C=O)ccc1OC(=S)N(C)C. The molecule has 1 rings (SSSR count). The Labute approximate surface area is 99.8 Å². The molecule has 4 nitrogen and oxygen atoms in total. The molecule has 0 unspecified atom stereocenters. The second kappa shape index (κ2) is 5.46. The van der Waals surface area contributed by atoms with Crippen molar-refractivity contribution in [3.63, 3.8) is 0 Å².